The molecular formula is C12H17N3O5. The predicted octanol–water partition coefficient (Wildman–Crippen LogP) is -1.38. The van der Waals surface area contributed by atoms with Crippen molar-refractivity contribution in [1.29, 1.82) is 0 Å². The van der Waals surface area contributed by atoms with Gasteiger partial charge in [0.1, 0.15) is 23.1 Å². The van der Waals surface area contributed by atoms with Crippen LogP contribution in [0.1, 0.15) is 20.1 Å². The van der Waals surface area contributed by atoms with Crippen LogP contribution < -0.4 is 11.4 Å². The average molecular weight is 283 g/mol. The monoisotopic (exact) mass is 283 g/mol. The van der Waals surface area contributed by atoms with Crippen molar-refractivity contribution in [2.45, 2.75) is 43.0 Å². The maximum atomic E-state index is 11.9. The number of nitrogen functional groups attached to an aromatic ring is 1. The lowest BCUT2D eigenvalue weighted by atomic mass is 9.94. The van der Waals surface area contributed by atoms with Crippen molar-refractivity contribution in [3.05, 3.63) is 22.7 Å². The van der Waals surface area contributed by atoms with E-state index in [4.69, 9.17) is 15.2 Å². The van der Waals surface area contributed by atoms with Crippen LogP contribution in [-0.2, 0) is 9.47 Å². The van der Waals surface area contributed by atoms with Crippen LogP contribution in [0.15, 0.2) is 17.1 Å². The highest BCUT2D eigenvalue weighted by Gasteiger charge is 2.90. The molecule has 8 heteroatoms. The van der Waals surface area contributed by atoms with Gasteiger partial charge in [0, 0.05) is 13.3 Å². The second-order valence-corrected chi connectivity index (χ2v) is 5.65. The molecule has 2 aliphatic rings. The van der Waals surface area contributed by atoms with Gasteiger partial charge < -0.3 is 25.4 Å². The second kappa shape index (κ2) is 3.59. The van der Waals surface area contributed by atoms with Crippen LogP contribution in [0.4, 0.5) is 5.82 Å². The Hall–Kier alpha value is -1.48. The first kappa shape index (κ1) is 13.5. The first-order valence-electron chi connectivity index (χ1n) is 6.20. The fourth-order valence-electron chi connectivity index (χ4n) is 3.32. The number of hydrogen-bond donors (Lipinski definition) is 3. The summed E-state index contributed by atoms with van der Waals surface area (Å²) in [5, 5.41) is 21.3. The molecule has 0 radical (unpaired) electrons. The Morgan fingerprint density at radius 3 is 2.60 bits per heavy atom. The summed E-state index contributed by atoms with van der Waals surface area (Å²) in [5.41, 5.74) is 0.413. The second-order valence-electron chi connectivity index (χ2n) is 5.65. The van der Waals surface area contributed by atoms with Crippen molar-refractivity contribution in [2.75, 3.05) is 12.8 Å². The SMILES string of the molecule is COC1C2(C)OC(n3ccc(N)nc3=O)C(C)(O)C12O. The number of hydrogen-bond acceptors (Lipinski definition) is 7. The van der Waals surface area contributed by atoms with Gasteiger partial charge in [-0.2, -0.15) is 4.98 Å². The van der Waals surface area contributed by atoms with Crippen LogP contribution in [-0.4, -0.2) is 49.8 Å². The Morgan fingerprint density at radius 2 is 2.15 bits per heavy atom. The lowest BCUT2D eigenvalue weighted by molar-refractivity contribution is -0.170. The highest BCUT2D eigenvalue weighted by Crippen LogP contribution is 2.67. The zero-order valence-electron chi connectivity index (χ0n) is 11.4. The van der Waals surface area contributed by atoms with E-state index in [1.807, 2.05) is 0 Å². The maximum absolute atomic E-state index is 11.9. The normalized spacial score (nSPS) is 46.2. The van der Waals surface area contributed by atoms with Crippen LogP contribution >= 0.6 is 0 Å². The molecule has 0 aromatic carbocycles. The summed E-state index contributed by atoms with van der Waals surface area (Å²) in [6.07, 6.45) is -0.341. The van der Waals surface area contributed by atoms with Gasteiger partial charge in [-0.25, -0.2) is 4.79 Å². The fourth-order valence-corrected chi connectivity index (χ4v) is 3.32. The number of ether oxygens (including phenoxy) is 2. The van der Waals surface area contributed by atoms with Gasteiger partial charge in [0.2, 0.25) is 0 Å². The van der Waals surface area contributed by atoms with Gasteiger partial charge in [-0.3, -0.25) is 4.57 Å². The first-order chi connectivity index (χ1) is 9.20. The van der Waals surface area contributed by atoms with Gasteiger partial charge >= 0.3 is 5.69 Å². The number of anilines is 1. The van der Waals surface area contributed by atoms with Gasteiger partial charge in [-0.15, -0.1) is 0 Å². The zero-order chi connectivity index (χ0) is 14.9. The lowest BCUT2D eigenvalue weighted by Gasteiger charge is -2.32. The van der Waals surface area contributed by atoms with Gasteiger partial charge in [-0.1, -0.05) is 0 Å². The molecule has 1 saturated carbocycles. The molecule has 3 rings (SSSR count). The molecule has 20 heavy (non-hydrogen) atoms. The molecule has 1 aromatic rings. The summed E-state index contributed by atoms with van der Waals surface area (Å²) >= 11 is 0. The summed E-state index contributed by atoms with van der Waals surface area (Å²) in [4.78, 5) is 15.5. The molecule has 5 unspecified atom stereocenters. The van der Waals surface area contributed by atoms with Gasteiger partial charge in [0.05, 0.1) is 0 Å². The molecule has 1 aliphatic carbocycles. The van der Waals surface area contributed by atoms with E-state index in [0.29, 0.717) is 0 Å². The molecule has 2 fully saturated rings. The third-order valence-electron chi connectivity index (χ3n) is 4.50. The molecular weight excluding hydrogens is 266 g/mol. The maximum Gasteiger partial charge on any atom is 0.351 e. The van der Waals surface area contributed by atoms with Crippen molar-refractivity contribution < 1.29 is 19.7 Å². The molecule has 5 atom stereocenters. The molecule has 1 aromatic heterocycles. The summed E-state index contributed by atoms with van der Waals surface area (Å²) in [7, 11) is 1.43. The van der Waals surface area contributed by atoms with Crippen LogP contribution in [0.25, 0.3) is 0 Å². The molecule has 1 saturated heterocycles. The quantitative estimate of drug-likeness (QED) is 0.612. The smallest absolute Gasteiger partial charge is 0.351 e. The van der Waals surface area contributed by atoms with Crippen molar-refractivity contribution in [1.82, 2.24) is 9.55 Å². The van der Waals surface area contributed by atoms with Crippen molar-refractivity contribution in [3.63, 3.8) is 0 Å². The van der Waals surface area contributed by atoms with Crippen molar-refractivity contribution in [2.24, 2.45) is 0 Å². The van der Waals surface area contributed by atoms with E-state index in [9.17, 15) is 15.0 Å². The largest absolute Gasteiger partial charge is 0.383 e. The van der Waals surface area contributed by atoms with E-state index in [2.05, 4.69) is 4.98 Å². The Kier molecular flexibility index (Phi) is 2.42. The van der Waals surface area contributed by atoms with E-state index in [-0.39, 0.29) is 5.82 Å². The predicted molar refractivity (Wildman–Crippen MR) is 67.8 cm³/mol. The Morgan fingerprint density at radius 1 is 1.50 bits per heavy atom. The van der Waals surface area contributed by atoms with Crippen molar-refractivity contribution in [3.8, 4) is 0 Å². The fraction of sp³-hybridized carbons (Fsp3) is 0.667. The van der Waals surface area contributed by atoms with Gasteiger partial charge in [-0.05, 0) is 19.9 Å². The summed E-state index contributed by atoms with van der Waals surface area (Å²) in [6.45, 7) is 3.04. The number of aliphatic hydroxyl groups is 2. The average Bonchev–Trinajstić information content (AvgIpc) is 2.78. The molecule has 0 amide bonds. The highest BCUT2D eigenvalue weighted by atomic mass is 16.6. The summed E-state index contributed by atoms with van der Waals surface area (Å²) in [5.74, 6) is 0.0775. The molecule has 2 heterocycles. The lowest BCUT2D eigenvalue weighted by Crippen LogP contribution is -2.50. The van der Waals surface area contributed by atoms with Gasteiger partial charge in [0.15, 0.2) is 11.8 Å². The number of rotatable bonds is 2. The standard InChI is InChI=1S/C12H17N3O5/c1-10(17)8(15-5-4-6(13)14-9(15)16)20-11(2)7(19-3)12(10,11)18/h4-5,7-8,17-18H,1-3H3,(H2,13,14,16). The topological polar surface area (TPSA) is 120 Å². The van der Waals surface area contributed by atoms with Crippen LogP contribution in [0.3, 0.4) is 0 Å². The molecule has 4 N–H and O–H groups in total. The molecule has 1 aliphatic heterocycles. The Bertz CT molecular complexity index is 630. The van der Waals surface area contributed by atoms with E-state index in [0.717, 1.165) is 4.57 Å². The minimum Gasteiger partial charge on any atom is -0.383 e. The van der Waals surface area contributed by atoms with E-state index in [1.54, 1.807) is 6.92 Å². The molecule has 0 bridgehead atoms. The van der Waals surface area contributed by atoms with Crippen LogP contribution in [0.2, 0.25) is 0 Å². The summed E-state index contributed by atoms with van der Waals surface area (Å²) < 4.78 is 12.0. The van der Waals surface area contributed by atoms with Crippen molar-refractivity contribution >= 4 is 5.82 Å². The Balaban J connectivity index is 2.05. The van der Waals surface area contributed by atoms with Crippen LogP contribution in [0, 0.1) is 0 Å². The Labute approximate surface area is 114 Å². The molecule has 0 spiro atoms. The van der Waals surface area contributed by atoms with E-state index < -0.39 is 34.8 Å². The number of fused-ring (bicyclic) bond motifs is 1. The number of aromatic nitrogens is 2. The number of methoxy groups -OCH3 is 1. The minimum atomic E-state index is -1.70. The zero-order valence-corrected chi connectivity index (χ0v) is 11.4. The van der Waals surface area contributed by atoms with E-state index >= 15 is 0 Å². The van der Waals surface area contributed by atoms with Gasteiger partial charge in [0.25, 0.3) is 0 Å². The third kappa shape index (κ3) is 1.25. The first-order valence-corrected chi connectivity index (χ1v) is 6.20. The third-order valence-corrected chi connectivity index (χ3v) is 4.50. The van der Waals surface area contributed by atoms with E-state index in [1.165, 1.54) is 26.3 Å². The number of nitrogens with zero attached hydrogens (tertiary/aromatic N) is 2. The molecule has 8 nitrogen and oxygen atoms in total. The molecule has 110 valence electrons. The highest BCUT2D eigenvalue weighted by molar-refractivity contribution is 5.38. The minimum absolute atomic E-state index is 0.0775. The number of nitrogens with two attached hydrogens (primary N) is 1. The van der Waals surface area contributed by atoms with Crippen LogP contribution in [0.5, 0.6) is 0 Å². The summed E-state index contributed by atoms with van der Waals surface area (Å²) in [6, 6.07) is 1.42.